The molecule has 11 heavy (non-hydrogen) atoms. The van der Waals surface area contributed by atoms with E-state index in [1.54, 1.807) is 0 Å². The van der Waals surface area contributed by atoms with Crippen LogP contribution < -0.4 is 0 Å². The molecule has 0 saturated carbocycles. The van der Waals surface area contributed by atoms with Crippen LogP contribution in [0.5, 0.6) is 0 Å². The summed E-state index contributed by atoms with van der Waals surface area (Å²) in [5, 5.41) is 0. The van der Waals surface area contributed by atoms with Crippen molar-refractivity contribution in [2.45, 2.75) is 6.18 Å². The molecule has 0 unspecified atom stereocenters. The molecule has 0 bridgehead atoms. The molecule has 0 aromatic carbocycles. The standard InChI is InChI=1S/C6H3BrF3N/c7-5-1-2-11-3-4(5)6(8,9)10/h1-3H. The molecule has 0 spiro atoms. The first kappa shape index (κ1) is 8.52. The average molecular weight is 226 g/mol. The summed E-state index contributed by atoms with van der Waals surface area (Å²) in [7, 11) is 0. The Labute approximate surface area is 69.4 Å². The van der Waals surface area contributed by atoms with E-state index in [1.165, 1.54) is 12.3 Å². The van der Waals surface area contributed by atoms with Gasteiger partial charge < -0.3 is 0 Å². The van der Waals surface area contributed by atoms with Gasteiger partial charge in [-0.3, -0.25) is 4.98 Å². The number of pyridine rings is 1. The lowest BCUT2D eigenvalue weighted by Crippen LogP contribution is -2.05. The Hall–Kier alpha value is -0.580. The molecule has 1 nitrogen and oxygen atoms in total. The number of halogens is 4. The van der Waals surface area contributed by atoms with Crippen LogP contribution in [0, 0.1) is 0 Å². The van der Waals surface area contributed by atoms with Gasteiger partial charge in [0.25, 0.3) is 0 Å². The smallest absolute Gasteiger partial charge is 0.264 e. The van der Waals surface area contributed by atoms with Gasteiger partial charge in [0.15, 0.2) is 0 Å². The van der Waals surface area contributed by atoms with E-state index in [-0.39, 0.29) is 4.47 Å². The van der Waals surface area contributed by atoms with Gasteiger partial charge in [-0.25, -0.2) is 0 Å². The minimum atomic E-state index is -4.33. The Kier molecular flexibility index (Phi) is 2.17. The monoisotopic (exact) mass is 225 g/mol. The second-order valence-electron chi connectivity index (χ2n) is 1.85. The van der Waals surface area contributed by atoms with Crippen molar-refractivity contribution < 1.29 is 13.2 Å². The van der Waals surface area contributed by atoms with Gasteiger partial charge in [0.05, 0.1) is 5.56 Å². The molecule has 1 aromatic heterocycles. The predicted molar refractivity (Wildman–Crippen MR) is 36.9 cm³/mol. The van der Waals surface area contributed by atoms with E-state index in [9.17, 15) is 13.2 Å². The summed E-state index contributed by atoms with van der Waals surface area (Å²) in [4.78, 5) is 3.36. The highest BCUT2D eigenvalue weighted by molar-refractivity contribution is 9.10. The zero-order chi connectivity index (χ0) is 8.48. The number of hydrogen-bond acceptors (Lipinski definition) is 1. The van der Waals surface area contributed by atoms with Crippen molar-refractivity contribution in [3.05, 3.63) is 28.5 Å². The topological polar surface area (TPSA) is 12.9 Å². The molecule has 0 atom stereocenters. The number of aromatic nitrogens is 1. The van der Waals surface area contributed by atoms with Crippen LogP contribution in [0.2, 0.25) is 0 Å². The summed E-state index contributed by atoms with van der Waals surface area (Å²) >= 11 is 2.77. The maximum Gasteiger partial charge on any atom is 0.418 e. The largest absolute Gasteiger partial charge is 0.418 e. The zero-order valence-corrected chi connectivity index (χ0v) is 6.78. The summed E-state index contributed by atoms with van der Waals surface area (Å²) in [5.41, 5.74) is -0.750. The lowest BCUT2D eigenvalue weighted by atomic mass is 10.3. The van der Waals surface area contributed by atoms with Crippen molar-refractivity contribution in [1.29, 1.82) is 0 Å². The van der Waals surface area contributed by atoms with E-state index in [1.807, 2.05) is 0 Å². The first-order valence-corrected chi connectivity index (χ1v) is 3.48. The second kappa shape index (κ2) is 2.81. The highest BCUT2D eigenvalue weighted by Gasteiger charge is 2.32. The molecular weight excluding hydrogens is 223 g/mol. The quantitative estimate of drug-likeness (QED) is 0.662. The summed E-state index contributed by atoms with van der Waals surface area (Å²) in [5.74, 6) is 0. The number of hydrogen-bond donors (Lipinski definition) is 0. The molecule has 0 aliphatic heterocycles. The number of rotatable bonds is 0. The van der Waals surface area contributed by atoms with Crippen molar-refractivity contribution >= 4 is 15.9 Å². The van der Waals surface area contributed by atoms with E-state index in [0.29, 0.717) is 0 Å². The third kappa shape index (κ3) is 1.92. The highest BCUT2D eigenvalue weighted by Crippen LogP contribution is 2.33. The Balaban J connectivity index is 3.14. The third-order valence-electron chi connectivity index (χ3n) is 1.07. The van der Waals surface area contributed by atoms with Gasteiger partial charge in [-0.1, -0.05) is 15.9 Å². The lowest BCUT2D eigenvalue weighted by Gasteiger charge is -2.06. The molecule has 1 aromatic rings. The van der Waals surface area contributed by atoms with E-state index in [0.717, 1.165) is 6.20 Å². The fraction of sp³-hybridized carbons (Fsp3) is 0.167. The molecular formula is C6H3BrF3N. The van der Waals surface area contributed by atoms with Crippen LogP contribution in [0.3, 0.4) is 0 Å². The summed E-state index contributed by atoms with van der Waals surface area (Å²) in [6, 6.07) is 1.25. The van der Waals surface area contributed by atoms with Crippen molar-refractivity contribution in [3.63, 3.8) is 0 Å². The summed E-state index contributed by atoms with van der Waals surface area (Å²) < 4.78 is 36.0. The molecule has 1 heterocycles. The van der Waals surface area contributed by atoms with Gasteiger partial charge in [0, 0.05) is 16.9 Å². The SMILES string of the molecule is FC(F)(F)c1cnccc1Br. The fourth-order valence-electron chi connectivity index (χ4n) is 0.586. The summed E-state index contributed by atoms with van der Waals surface area (Å²) in [6.45, 7) is 0. The van der Waals surface area contributed by atoms with E-state index < -0.39 is 11.7 Å². The Morgan fingerprint density at radius 3 is 2.36 bits per heavy atom. The second-order valence-corrected chi connectivity index (χ2v) is 2.71. The van der Waals surface area contributed by atoms with Crippen LogP contribution in [0.4, 0.5) is 13.2 Å². The number of alkyl halides is 3. The minimum Gasteiger partial charge on any atom is -0.264 e. The molecule has 1 rings (SSSR count). The molecule has 0 saturated heterocycles. The average Bonchev–Trinajstić information content (AvgIpc) is 1.86. The fourth-order valence-corrected chi connectivity index (χ4v) is 1.03. The lowest BCUT2D eigenvalue weighted by molar-refractivity contribution is -0.138. The minimum absolute atomic E-state index is 0.0139. The first-order valence-electron chi connectivity index (χ1n) is 2.68. The van der Waals surface area contributed by atoms with Crippen molar-refractivity contribution in [2.75, 3.05) is 0 Å². The predicted octanol–water partition coefficient (Wildman–Crippen LogP) is 2.86. The van der Waals surface area contributed by atoms with E-state index >= 15 is 0 Å². The van der Waals surface area contributed by atoms with E-state index in [4.69, 9.17) is 0 Å². The highest BCUT2D eigenvalue weighted by atomic mass is 79.9. The Morgan fingerprint density at radius 2 is 2.00 bits per heavy atom. The van der Waals surface area contributed by atoms with E-state index in [2.05, 4.69) is 20.9 Å². The molecule has 0 amide bonds. The van der Waals surface area contributed by atoms with Crippen LogP contribution in [0.1, 0.15) is 5.56 Å². The van der Waals surface area contributed by atoms with Gasteiger partial charge in [-0.15, -0.1) is 0 Å². The Bertz CT molecular complexity index is 258. The molecule has 0 radical (unpaired) electrons. The van der Waals surface area contributed by atoms with Crippen LogP contribution in [0.15, 0.2) is 22.9 Å². The van der Waals surface area contributed by atoms with Crippen LogP contribution in [-0.4, -0.2) is 4.98 Å². The van der Waals surface area contributed by atoms with Crippen molar-refractivity contribution in [3.8, 4) is 0 Å². The molecule has 5 heteroatoms. The van der Waals surface area contributed by atoms with Crippen molar-refractivity contribution in [2.24, 2.45) is 0 Å². The Morgan fingerprint density at radius 1 is 1.36 bits per heavy atom. The maximum atomic E-state index is 12.0. The molecule has 60 valence electrons. The summed E-state index contributed by atoms with van der Waals surface area (Å²) in [6.07, 6.45) is -2.25. The third-order valence-corrected chi connectivity index (χ3v) is 1.76. The first-order chi connectivity index (χ1) is 5.02. The van der Waals surface area contributed by atoms with Crippen LogP contribution in [0.25, 0.3) is 0 Å². The van der Waals surface area contributed by atoms with Gasteiger partial charge in [0.1, 0.15) is 0 Å². The molecule has 0 N–H and O–H groups in total. The van der Waals surface area contributed by atoms with Gasteiger partial charge in [-0.2, -0.15) is 13.2 Å². The van der Waals surface area contributed by atoms with Crippen LogP contribution in [-0.2, 0) is 6.18 Å². The van der Waals surface area contributed by atoms with Gasteiger partial charge in [0.2, 0.25) is 0 Å². The molecule has 0 aliphatic carbocycles. The maximum absolute atomic E-state index is 12.0. The normalized spacial score (nSPS) is 11.6. The zero-order valence-electron chi connectivity index (χ0n) is 5.19. The van der Waals surface area contributed by atoms with Crippen LogP contribution >= 0.6 is 15.9 Å². The van der Waals surface area contributed by atoms with Crippen molar-refractivity contribution in [1.82, 2.24) is 4.98 Å². The van der Waals surface area contributed by atoms with Gasteiger partial charge in [-0.05, 0) is 6.07 Å². The number of nitrogens with zero attached hydrogens (tertiary/aromatic N) is 1. The van der Waals surface area contributed by atoms with Gasteiger partial charge >= 0.3 is 6.18 Å². The molecule has 0 aliphatic rings. The molecule has 0 fully saturated rings.